The molecule has 0 aromatic carbocycles. The third-order valence-electron chi connectivity index (χ3n) is 4.40. The number of allylic oxidation sites excluding steroid dienone is 2. The van der Waals surface area contributed by atoms with Crippen molar-refractivity contribution in [3.63, 3.8) is 0 Å². The van der Waals surface area contributed by atoms with Gasteiger partial charge < -0.3 is 4.74 Å². The van der Waals surface area contributed by atoms with Crippen LogP contribution in [-0.4, -0.2) is 28.8 Å². The Bertz CT molecular complexity index is 683. The zero-order chi connectivity index (χ0) is 19.9. The fourth-order valence-electron chi connectivity index (χ4n) is 2.35. The Balaban J connectivity index is 3.11. The molecule has 0 N–H and O–H groups in total. The number of esters is 1. The van der Waals surface area contributed by atoms with Gasteiger partial charge in [-0.2, -0.15) is 0 Å². The number of aliphatic imine (C=N–C) groups is 1. The third-order valence-corrected chi connectivity index (χ3v) is 4.40. The summed E-state index contributed by atoms with van der Waals surface area (Å²) in [5, 5.41) is 0. The van der Waals surface area contributed by atoms with Crippen LogP contribution in [0, 0.1) is 11.3 Å². The molecule has 0 aliphatic carbocycles. The van der Waals surface area contributed by atoms with Gasteiger partial charge >= 0.3 is 5.97 Å². The van der Waals surface area contributed by atoms with Crippen molar-refractivity contribution in [1.82, 2.24) is 9.97 Å². The Morgan fingerprint density at radius 2 is 1.92 bits per heavy atom. The topological polar surface area (TPSA) is 64.4 Å². The smallest absolute Gasteiger partial charge is 0.305 e. The van der Waals surface area contributed by atoms with E-state index in [-0.39, 0.29) is 11.4 Å². The summed E-state index contributed by atoms with van der Waals surface area (Å²) < 4.78 is 4.67. The van der Waals surface area contributed by atoms with Gasteiger partial charge in [0.1, 0.15) is 5.82 Å². The van der Waals surface area contributed by atoms with E-state index in [1.807, 2.05) is 6.07 Å². The van der Waals surface area contributed by atoms with E-state index in [0.717, 1.165) is 28.5 Å². The maximum absolute atomic E-state index is 11.2. The maximum Gasteiger partial charge on any atom is 0.305 e. The fraction of sp³-hybridized carbons (Fsp3) is 0.619. The van der Waals surface area contributed by atoms with Crippen LogP contribution in [0.5, 0.6) is 0 Å². The highest BCUT2D eigenvalue weighted by molar-refractivity contribution is 5.88. The summed E-state index contributed by atoms with van der Waals surface area (Å²) >= 11 is 0. The van der Waals surface area contributed by atoms with Crippen LogP contribution in [0.4, 0.5) is 0 Å². The van der Waals surface area contributed by atoms with Crippen molar-refractivity contribution in [1.29, 1.82) is 0 Å². The third kappa shape index (κ3) is 6.70. The average Bonchev–Trinajstić information content (AvgIpc) is 2.57. The molecule has 0 aliphatic heterocycles. The van der Waals surface area contributed by atoms with Crippen molar-refractivity contribution >= 4 is 17.3 Å². The molecule has 0 fully saturated rings. The quantitative estimate of drug-likeness (QED) is 0.515. The van der Waals surface area contributed by atoms with E-state index < -0.39 is 0 Å². The highest BCUT2D eigenvalue weighted by Crippen LogP contribution is 2.26. The van der Waals surface area contributed by atoms with E-state index in [1.165, 1.54) is 7.11 Å². The van der Waals surface area contributed by atoms with Gasteiger partial charge in [0.15, 0.2) is 0 Å². The van der Waals surface area contributed by atoms with Crippen LogP contribution in [0.15, 0.2) is 23.0 Å². The van der Waals surface area contributed by atoms with Crippen molar-refractivity contribution in [3.8, 4) is 0 Å². The van der Waals surface area contributed by atoms with E-state index >= 15 is 0 Å². The van der Waals surface area contributed by atoms with Crippen LogP contribution in [0.2, 0.25) is 0 Å². The Labute approximate surface area is 158 Å². The summed E-state index contributed by atoms with van der Waals surface area (Å²) in [7, 11) is 1.40. The number of methoxy groups -OCH3 is 1. The van der Waals surface area contributed by atoms with E-state index in [0.29, 0.717) is 25.2 Å². The van der Waals surface area contributed by atoms with Gasteiger partial charge in [-0.3, -0.25) is 9.79 Å². The molecule has 1 aromatic heterocycles. The lowest BCUT2D eigenvalue weighted by Crippen LogP contribution is -2.17. The number of rotatable bonds is 7. The van der Waals surface area contributed by atoms with Crippen LogP contribution < -0.4 is 0 Å². The van der Waals surface area contributed by atoms with Crippen LogP contribution >= 0.6 is 0 Å². The molecule has 0 aliphatic rings. The molecule has 0 spiro atoms. The van der Waals surface area contributed by atoms with Crippen molar-refractivity contribution in [2.45, 2.75) is 67.7 Å². The molecule has 0 amide bonds. The van der Waals surface area contributed by atoms with E-state index in [1.54, 1.807) is 6.20 Å². The minimum absolute atomic E-state index is 0.0329. The molecular weight excluding hydrogens is 326 g/mol. The van der Waals surface area contributed by atoms with Crippen molar-refractivity contribution < 1.29 is 9.53 Å². The lowest BCUT2D eigenvalue weighted by atomic mass is 9.90. The van der Waals surface area contributed by atoms with E-state index in [4.69, 9.17) is 4.99 Å². The second-order valence-corrected chi connectivity index (χ2v) is 7.90. The molecule has 1 rings (SSSR count). The minimum Gasteiger partial charge on any atom is -0.469 e. The molecule has 0 unspecified atom stereocenters. The van der Waals surface area contributed by atoms with Crippen LogP contribution in [0.25, 0.3) is 5.57 Å². The zero-order valence-electron chi connectivity index (χ0n) is 17.5. The predicted molar refractivity (Wildman–Crippen MR) is 107 cm³/mol. The van der Waals surface area contributed by atoms with Gasteiger partial charge in [0.05, 0.1) is 12.8 Å². The summed E-state index contributed by atoms with van der Waals surface area (Å²) in [6.45, 7) is 15.0. The first kappa shape index (κ1) is 22.0. The molecular formula is C21H33N3O2. The molecule has 0 atom stereocenters. The molecule has 26 heavy (non-hydrogen) atoms. The van der Waals surface area contributed by atoms with Gasteiger partial charge in [-0.1, -0.05) is 34.6 Å². The van der Waals surface area contributed by atoms with Gasteiger partial charge in [0.25, 0.3) is 0 Å². The molecule has 0 saturated heterocycles. The second kappa shape index (κ2) is 9.60. The van der Waals surface area contributed by atoms with Crippen LogP contribution in [0.3, 0.4) is 0 Å². The molecule has 1 aromatic rings. The number of carbonyl (C=O) groups is 1. The molecule has 1 heterocycles. The van der Waals surface area contributed by atoms with Gasteiger partial charge in [0.2, 0.25) is 0 Å². The van der Waals surface area contributed by atoms with Gasteiger partial charge in [0, 0.05) is 30.4 Å². The van der Waals surface area contributed by atoms with Crippen molar-refractivity contribution in [2.75, 3.05) is 7.11 Å². The number of hydrogen-bond acceptors (Lipinski definition) is 5. The zero-order valence-corrected chi connectivity index (χ0v) is 17.5. The summed E-state index contributed by atoms with van der Waals surface area (Å²) in [5.74, 6) is 0.835. The first-order valence-electron chi connectivity index (χ1n) is 9.22. The Morgan fingerprint density at radius 3 is 2.46 bits per heavy atom. The Hall–Kier alpha value is -2.04. The predicted octanol–water partition coefficient (Wildman–Crippen LogP) is 4.87. The molecule has 0 bridgehead atoms. The first-order chi connectivity index (χ1) is 12.1. The normalized spacial score (nSPS) is 13.7. The van der Waals surface area contributed by atoms with Gasteiger partial charge in [-0.15, -0.1) is 0 Å². The average molecular weight is 360 g/mol. The molecule has 5 heteroatoms. The van der Waals surface area contributed by atoms with Crippen LogP contribution in [-0.2, 0) is 16.0 Å². The standard InChI is InChI=1S/C21H33N3O2/c1-14(2)20(23-16(4)21(5,6)7)15(3)17-12-13-22-18(24-17)10-9-11-19(25)26-8/h12-14H,9-11H2,1-8H3/b20-15+,23-16?. The van der Waals surface area contributed by atoms with Gasteiger partial charge in [-0.25, -0.2) is 9.97 Å². The Kier molecular flexibility index (Phi) is 8.12. The van der Waals surface area contributed by atoms with Crippen molar-refractivity contribution in [2.24, 2.45) is 16.3 Å². The largest absolute Gasteiger partial charge is 0.469 e. The van der Waals surface area contributed by atoms with Crippen molar-refractivity contribution in [3.05, 3.63) is 29.5 Å². The second-order valence-electron chi connectivity index (χ2n) is 7.90. The van der Waals surface area contributed by atoms with E-state index in [9.17, 15) is 4.79 Å². The lowest BCUT2D eigenvalue weighted by molar-refractivity contribution is -0.140. The number of aryl methyl sites for hydroxylation is 1. The van der Waals surface area contributed by atoms with Gasteiger partial charge in [-0.05, 0) is 43.2 Å². The summed E-state index contributed by atoms with van der Waals surface area (Å²) in [6.07, 6.45) is 3.48. The Morgan fingerprint density at radius 1 is 1.27 bits per heavy atom. The number of ether oxygens (including phenoxy) is 1. The van der Waals surface area contributed by atoms with E-state index in [2.05, 4.69) is 63.2 Å². The lowest BCUT2D eigenvalue weighted by Gasteiger charge is -2.21. The molecule has 144 valence electrons. The highest BCUT2D eigenvalue weighted by atomic mass is 16.5. The number of aromatic nitrogens is 2. The summed E-state index contributed by atoms with van der Waals surface area (Å²) in [5.41, 5.74) is 4.15. The summed E-state index contributed by atoms with van der Waals surface area (Å²) in [6, 6.07) is 1.92. The minimum atomic E-state index is -0.202. The molecule has 5 nitrogen and oxygen atoms in total. The number of hydrogen-bond donors (Lipinski definition) is 0. The fourth-order valence-corrected chi connectivity index (χ4v) is 2.35. The molecule has 0 saturated carbocycles. The first-order valence-corrected chi connectivity index (χ1v) is 9.22. The summed E-state index contributed by atoms with van der Waals surface area (Å²) in [4.78, 5) is 25.2. The number of nitrogens with zero attached hydrogens (tertiary/aromatic N) is 3. The highest BCUT2D eigenvalue weighted by Gasteiger charge is 2.17. The monoisotopic (exact) mass is 359 g/mol. The molecule has 0 radical (unpaired) electrons. The maximum atomic E-state index is 11.2. The number of carbonyl (C=O) groups excluding carboxylic acids is 1. The van der Waals surface area contributed by atoms with Crippen LogP contribution in [0.1, 0.15) is 72.8 Å². The SMILES string of the molecule is COC(=O)CCCc1nccc(/C(C)=C(/N=C(C)C(C)(C)C)C(C)C)n1.